The van der Waals surface area contributed by atoms with Gasteiger partial charge in [0.1, 0.15) is 5.76 Å². The van der Waals surface area contributed by atoms with Gasteiger partial charge in [-0.05, 0) is 24.6 Å². The summed E-state index contributed by atoms with van der Waals surface area (Å²) in [5, 5.41) is 13.1. The summed E-state index contributed by atoms with van der Waals surface area (Å²) in [7, 11) is 0. The Morgan fingerprint density at radius 3 is 2.74 bits per heavy atom. The highest BCUT2D eigenvalue weighted by molar-refractivity contribution is 6.30. The Labute approximate surface area is 115 Å². The Balaban J connectivity index is 1.94. The molecule has 0 aliphatic carbocycles. The number of hydrogen-bond acceptors (Lipinski definition) is 4. The van der Waals surface area contributed by atoms with Crippen LogP contribution < -0.4 is 5.32 Å². The van der Waals surface area contributed by atoms with Gasteiger partial charge >= 0.3 is 0 Å². The molecule has 5 nitrogen and oxygen atoms in total. The number of aryl methyl sites for hydroxylation is 1. The molecular weight excluding hydrogens is 268 g/mol. The second-order valence-corrected chi connectivity index (χ2v) is 4.47. The van der Waals surface area contributed by atoms with E-state index in [9.17, 15) is 9.90 Å². The van der Waals surface area contributed by atoms with E-state index in [4.69, 9.17) is 16.0 Å². The van der Waals surface area contributed by atoms with E-state index in [-0.39, 0.29) is 18.1 Å². The fraction of sp³-hybridized carbons (Fsp3) is 0.231. The maximum absolute atomic E-state index is 11.8. The zero-order valence-corrected chi connectivity index (χ0v) is 11.0. The number of aromatic nitrogens is 1. The molecule has 0 spiro atoms. The highest BCUT2D eigenvalue weighted by atomic mass is 35.5. The summed E-state index contributed by atoms with van der Waals surface area (Å²) in [5.74, 6) is 0.0674. The minimum Gasteiger partial charge on any atom is -0.448 e. The van der Waals surface area contributed by atoms with Crippen LogP contribution in [0.3, 0.4) is 0 Å². The van der Waals surface area contributed by atoms with Crippen LogP contribution in [0, 0.1) is 6.92 Å². The van der Waals surface area contributed by atoms with Gasteiger partial charge in [-0.15, -0.1) is 0 Å². The fourth-order valence-electron chi connectivity index (χ4n) is 1.60. The Kier molecular flexibility index (Phi) is 4.19. The van der Waals surface area contributed by atoms with Gasteiger partial charge in [-0.2, -0.15) is 0 Å². The van der Waals surface area contributed by atoms with Crippen molar-refractivity contribution in [2.75, 3.05) is 6.54 Å². The van der Waals surface area contributed by atoms with Crippen molar-refractivity contribution < 1.29 is 14.3 Å². The number of nitrogens with zero attached hydrogens (tertiary/aromatic N) is 1. The van der Waals surface area contributed by atoms with Crippen molar-refractivity contribution in [2.45, 2.75) is 13.0 Å². The number of amides is 1. The van der Waals surface area contributed by atoms with Crippen molar-refractivity contribution in [1.82, 2.24) is 10.3 Å². The lowest BCUT2D eigenvalue weighted by Gasteiger charge is -2.11. The molecule has 1 aromatic heterocycles. The first-order chi connectivity index (χ1) is 9.08. The summed E-state index contributed by atoms with van der Waals surface area (Å²) in [4.78, 5) is 15.6. The van der Waals surface area contributed by atoms with Gasteiger partial charge in [0.2, 0.25) is 0 Å². The smallest absolute Gasteiger partial charge is 0.273 e. The predicted molar refractivity (Wildman–Crippen MR) is 70.0 cm³/mol. The summed E-state index contributed by atoms with van der Waals surface area (Å²) in [5.41, 5.74) is 0.907. The molecule has 19 heavy (non-hydrogen) atoms. The molecule has 1 amide bonds. The van der Waals surface area contributed by atoms with Crippen LogP contribution in [0.2, 0.25) is 5.02 Å². The Morgan fingerprint density at radius 1 is 1.47 bits per heavy atom. The molecule has 0 fully saturated rings. The summed E-state index contributed by atoms with van der Waals surface area (Å²) in [6, 6.07) is 6.79. The van der Waals surface area contributed by atoms with Crippen LogP contribution in [0.5, 0.6) is 0 Å². The molecule has 0 bridgehead atoms. The topological polar surface area (TPSA) is 75.4 Å². The monoisotopic (exact) mass is 280 g/mol. The molecule has 1 atom stereocenters. The number of halogens is 1. The van der Waals surface area contributed by atoms with Crippen molar-refractivity contribution in [3.8, 4) is 0 Å². The quantitative estimate of drug-likeness (QED) is 0.899. The highest BCUT2D eigenvalue weighted by Crippen LogP contribution is 2.16. The first-order valence-electron chi connectivity index (χ1n) is 5.69. The van der Waals surface area contributed by atoms with E-state index in [0.29, 0.717) is 16.3 Å². The van der Waals surface area contributed by atoms with E-state index in [1.54, 1.807) is 31.2 Å². The lowest BCUT2D eigenvalue weighted by atomic mass is 10.1. The minimum atomic E-state index is -0.798. The van der Waals surface area contributed by atoms with E-state index in [0.717, 1.165) is 0 Å². The molecule has 0 aliphatic rings. The Hall–Kier alpha value is -1.85. The maximum Gasteiger partial charge on any atom is 0.273 e. The van der Waals surface area contributed by atoms with Crippen LogP contribution >= 0.6 is 11.6 Å². The molecule has 100 valence electrons. The van der Waals surface area contributed by atoms with Crippen molar-refractivity contribution in [3.63, 3.8) is 0 Å². The average Bonchev–Trinajstić information content (AvgIpc) is 2.83. The number of aliphatic hydroxyl groups is 1. The summed E-state index contributed by atoms with van der Waals surface area (Å²) >= 11 is 5.76. The molecule has 2 rings (SSSR count). The molecule has 0 saturated carbocycles. The van der Waals surface area contributed by atoms with Gasteiger partial charge in [-0.3, -0.25) is 4.79 Å². The normalized spacial score (nSPS) is 12.2. The van der Waals surface area contributed by atoms with Gasteiger partial charge in [0.05, 0.1) is 6.10 Å². The fourth-order valence-corrected chi connectivity index (χ4v) is 1.73. The SMILES string of the molecule is Cc1ocnc1C(=O)NCC(O)c1ccc(Cl)cc1. The largest absolute Gasteiger partial charge is 0.448 e. The van der Waals surface area contributed by atoms with Gasteiger partial charge in [0.15, 0.2) is 12.1 Å². The lowest BCUT2D eigenvalue weighted by molar-refractivity contribution is 0.0910. The number of benzene rings is 1. The molecular formula is C13H13ClN2O3. The van der Waals surface area contributed by atoms with Gasteiger partial charge in [0, 0.05) is 11.6 Å². The van der Waals surface area contributed by atoms with E-state index in [2.05, 4.69) is 10.3 Å². The van der Waals surface area contributed by atoms with Gasteiger partial charge < -0.3 is 14.8 Å². The second kappa shape index (κ2) is 5.86. The first-order valence-corrected chi connectivity index (χ1v) is 6.07. The third-order valence-corrected chi connectivity index (χ3v) is 2.92. The molecule has 6 heteroatoms. The predicted octanol–water partition coefficient (Wildman–Crippen LogP) is 2.10. The number of nitrogens with one attached hydrogen (secondary N) is 1. The average molecular weight is 281 g/mol. The number of carbonyl (C=O) groups is 1. The molecule has 2 aromatic rings. The second-order valence-electron chi connectivity index (χ2n) is 4.03. The molecule has 0 radical (unpaired) electrons. The minimum absolute atomic E-state index is 0.0900. The van der Waals surface area contributed by atoms with Crippen LogP contribution in [0.25, 0.3) is 0 Å². The third-order valence-electron chi connectivity index (χ3n) is 2.67. The van der Waals surface area contributed by atoms with Crippen LogP contribution in [-0.4, -0.2) is 22.5 Å². The van der Waals surface area contributed by atoms with Gasteiger partial charge in [-0.1, -0.05) is 23.7 Å². The number of oxazole rings is 1. The summed E-state index contributed by atoms with van der Waals surface area (Å²) in [6.07, 6.45) is 0.410. The van der Waals surface area contributed by atoms with E-state index in [1.165, 1.54) is 6.39 Å². The lowest BCUT2D eigenvalue weighted by Crippen LogP contribution is -2.29. The molecule has 1 heterocycles. The number of aliphatic hydroxyl groups excluding tert-OH is 1. The zero-order valence-electron chi connectivity index (χ0n) is 10.3. The zero-order chi connectivity index (χ0) is 13.8. The Morgan fingerprint density at radius 2 is 2.16 bits per heavy atom. The number of hydrogen-bond donors (Lipinski definition) is 2. The van der Waals surface area contributed by atoms with Crippen LogP contribution in [0.15, 0.2) is 35.1 Å². The number of rotatable bonds is 4. The van der Waals surface area contributed by atoms with Crippen LogP contribution in [0.1, 0.15) is 27.9 Å². The van der Waals surface area contributed by atoms with Crippen molar-refractivity contribution in [3.05, 3.63) is 52.7 Å². The maximum atomic E-state index is 11.8. The van der Waals surface area contributed by atoms with Gasteiger partial charge in [-0.25, -0.2) is 4.98 Å². The van der Waals surface area contributed by atoms with Crippen LogP contribution in [0.4, 0.5) is 0 Å². The number of carbonyl (C=O) groups excluding carboxylic acids is 1. The molecule has 0 aliphatic heterocycles. The standard InChI is InChI=1S/C13H13ClN2O3/c1-8-12(16-7-19-8)13(18)15-6-11(17)9-2-4-10(14)5-3-9/h2-5,7,11,17H,6H2,1H3,(H,15,18). The van der Waals surface area contributed by atoms with Gasteiger partial charge in [0.25, 0.3) is 5.91 Å². The first kappa shape index (κ1) is 13.6. The van der Waals surface area contributed by atoms with Crippen molar-refractivity contribution in [2.24, 2.45) is 0 Å². The summed E-state index contributed by atoms with van der Waals surface area (Å²) < 4.78 is 4.94. The Bertz CT molecular complexity index is 566. The van der Waals surface area contributed by atoms with Crippen molar-refractivity contribution >= 4 is 17.5 Å². The van der Waals surface area contributed by atoms with E-state index in [1.807, 2.05) is 0 Å². The molecule has 1 aromatic carbocycles. The summed E-state index contributed by atoms with van der Waals surface area (Å²) in [6.45, 7) is 1.74. The van der Waals surface area contributed by atoms with Crippen molar-refractivity contribution in [1.29, 1.82) is 0 Å². The molecule has 0 saturated heterocycles. The van der Waals surface area contributed by atoms with Crippen LogP contribution in [-0.2, 0) is 0 Å². The van der Waals surface area contributed by atoms with E-state index >= 15 is 0 Å². The molecule has 2 N–H and O–H groups in total. The third kappa shape index (κ3) is 3.33. The molecule has 1 unspecified atom stereocenters. The highest BCUT2D eigenvalue weighted by Gasteiger charge is 2.15. The van der Waals surface area contributed by atoms with E-state index < -0.39 is 6.10 Å².